The number of hydrogen-bond donors (Lipinski definition) is 3. The quantitative estimate of drug-likeness (QED) is 0.642. The molecule has 1 saturated carbocycles. The van der Waals surface area contributed by atoms with Gasteiger partial charge in [-0.3, -0.25) is 0 Å². The van der Waals surface area contributed by atoms with Gasteiger partial charge in [-0.2, -0.15) is 0 Å². The minimum Gasteiger partial charge on any atom is -0.507 e. The Labute approximate surface area is 156 Å². The molecule has 1 aromatic heterocycles. The van der Waals surface area contributed by atoms with E-state index in [-0.39, 0.29) is 11.8 Å². The first kappa shape index (κ1) is 17.1. The summed E-state index contributed by atoms with van der Waals surface area (Å²) >= 11 is 6.03. The number of aromatic hydroxyl groups is 1. The number of nitrogens with zero attached hydrogens (tertiary/aromatic N) is 2. The summed E-state index contributed by atoms with van der Waals surface area (Å²) in [6.07, 6.45) is 1.36. The summed E-state index contributed by atoms with van der Waals surface area (Å²) in [4.78, 5) is 0. The summed E-state index contributed by atoms with van der Waals surface area (Å²) in [7, 11) is 0. The van der Waals surface area contributed by atoms with Crippen molar-refractivity contribution in [1.82, 2.24) is 10.2 Å². The van der Waals surface area contributed by atoms with Gasteiger partial charge in [0.1, 0.15) is 11.4 Å². The van der Waals surface area contributed by atoms with Crippen LogP contribution < -0.4 is 5.32 Å². The van der Waals surface area contributed by atoms with Crippen LogP contribution in [0.1, 0.15) is 25.3 Å². The minimum atomic E-state index is -0.604. The number of aryl methyl sites for hydroxylation is 1. The Morgan fingerprint density at radius 3 is 2.50 bits per heavy atom. The number of hydrogen-bond acceptors (Lipinski definition) is 5. The van der Waals surface area contributed by atoms with E-state index in [1.807, 2.05) is 38.1 Å². The lowest BCUT2D eigenvalue weighted by molar-refractivity contribution is -0.0235. The number of benzene rings is 2. The first-order valence-electron chi connectivity index (χ1n) is 8.58. The van der Waals surface area contributed by atoms with Crippen molar-refractivity contribution >= 4 is 28.2 Å². The second kappa shape index (κ2) is 6.11. The first-order valence-corrected chi connectivity index (χ1v) is 8.96. The summed E-state index contributed by atoms with van der Waals surface area (Å²) in [5.41, 5.74) is 1.49. The average molecular weight is 370 g/mol. The zero-order valence-electron chi connectivity index (χ0n) is 14.6. The number of fused-ring (bicyclic) bond motifs is 1. The highest BCUT2D eigenvalue weighted by Gasteiger charge is 2.38. The smallest absolute Gasteiger partial charge is 0.156 e. The maximum absolute atomic E-state index is 10.4. The largest absolute Gasteiger partial charge is 0.507 e. The van der Waals surface area contributed by atoms with Gasteiger partial charge in [-0.15, -0.1) is 10.2 Å². The molecule has 1 heterocycles. The van der Waals surface area contributed by atoms with Gasteiger partial charge in [0, 0.05) is 27.4 Å². The van der Waals surface area contributed by atoms with E-state index >= 15 is 0 Å². The lowest BCUT2D eigenvalue weighted by Gasteiger charge is -2.41. The van der Waals surface area contributed by atoms with E-state index in [0.29, 0.717) is 34.9 Å². The van der Waals surface area contributed by atoms with E-state index in [1.54, 1.807) is 6.07 Å². The predicted octanol–water partition coefficient (Wildman–Crippen LogP) is 4.29. The molecular formula is C20H20ClN3O2. The second-order valence-corrected chi connectivity index (χ2v) is 7.74. The third kappa shape index (κ3) is 2.97. The van der Waals surface area contributed by atoms with E-state index in [4.69, 9.17) is 11.6 Å². The summed E-state index contributed by atoms with van der Waals surface area (Å²) < 4.78 is 0. The van der Waals surface area contributed by atoms with Crippen LogP contribution >= 0.6 is 11.6 Å². The Morgan fingerprint density at radius 2 is 1.85 bits per heavy atom. The highest BCUT2D eigenvalue weighted by atomic mass is 35.5. The number of rotatable bonds is 3. The normalized spacial score (nSPS) is 22.2. The van der Waals surface area contributed by atoms with Gasteiger partial charge in [-0.25, -0.2) is 0 Å². The van der Waals surface area contributed by atoms with Crippen LogP contribution in [0.2, 0.25) is 5.02 Å². The van der Waals surface area contributed by atoms with Crippen LogP contribution in [-0.4, -0.2) is 32.1 Å². The minimum absolute atomic E-state index is 0.0882. The molecule has 5 nitrogen and oxygen atoms in total. The molecule has 0 spiro atoms. The standard InChI is InChI=1S/C20H20ClN3O2/c1-11-7-12(21)8-16(25)17(11)18-14-5-3-4-6-15(14)19(24-23-18)22-13-9-20(2,26)10-13/h3-8,13,25-26H,9-10H2,1-2H3,(H,22,24). The van der Waals surface area contributed by atoms with E-state index in [2.05, 4.69) is 15.5 Å². The van der Waals surface area contributed by atoms with Crippen LogP contribution in [0.25, 0.3) is 22.0 Å². The molecule has 2 aromatic carbocycles. The zero-order chi connectivity index (χ0) is 18.5. The summed E-state index contributed by atoms with van der Waals surface area (Å²) in [6.45, 7) is 3.73. The maximum atomic E-state index is 10.4. The van der Waals surface area contributed by atoms with Gasteiger partial charge in [0.2, 0.25) is 0 Å². The number of nitrogens with one attached hydrogen (secondary N) is 1. The number of phenolic OH excluding ortho intramolecular Hbond substituents is 1. The molecular weight excluding hydrogens is 350 g/mol. The Morgan fingerprint density at radius 1 is 1.15 bits per heavy atom. The molecule has 1 fully saturated rings. The monoisotopic (exact) mass is 369 g/mol. The molecule has 0 bridgehead atoms. The Bertz CT molecular complexity index is 973. The van der Waals surface area contributed by atoms with Gasteiger partial charge in [0.15, 0.2) is 5.82 Å². The first-order chi connectivity index (χ1) is 12.3. The summed E-state index contributed by atoms with van der Waals surface area (Å²) in [6, 6.07) is 11.3. The van der Waals surface area contributed by atoms with Crippen molar-refractivity contribution < 1.29 is 10.2 Å². The van der Waals surface area contributed by atoms with Gasteiger partial charge in [0.05, 0.1) is 5.60 Å². The van der Waals surface area contributed by atoms with Crippen LogP contribution in [0, 0.1) is 6.92 Å². The summed E-state index contributed by atoms with van der Waals surface area (Å²) in [5, 5.41) is 34.8. The maximum Gasteiger partial charge on any atom is 0.156 e. The van der Waals surface area contributed by atoms with Crippen LogP contribution in [0.4, 0.5) is 5.82 Å². The van der Waals surface area contributed by atoms with E-state index in [0.717, 1.165) is 16.3 Å². The lowest BCUT2D eigenvalue weighted by Crippen LogP contribution is -2.48. The fourth-order valence-corrected chi connectivity index (χ4v) is 3.99. The van der Waals surface area contributed by atoms with Crippen LogP contribution in [0.15, 0.2) is 36.4 Å². The molecule has 0 saturated heterocycles. The number of aromatic nitrogens is 2. The van der Waals surface area contributed by atoms with Crippen LogP contribution in [-0.2, 0) is 0 Å². The van der Waals surface area contributed by atoms with Crippen molar-refractivity contribution in [3.05, 3.63) is 47.0 Å². The Balaban J connectivity index is 1.81. The SMILES string of the molecule is Cc1cc(Cl)cc(O)c1-c1nnc(NC2CC(C)(O)C2)c2ccccc12. The molecule has 3 N–H and O–H groups in total. The Hall–Kier alpha value is -2.37. The molecule has 0 aliphatic heterocycles. The zero-order valence-corrected chi connectivity index (χ0v) is 15.4. The van der Waals surface area contributed by atoms with Crippen LogP contribution in [0.5, 0.6) is 5.75 Å². The molecule has 0 atom stereocenters. The van der Waals surface area contributed by atoms with Crippen molar-refractivity contribution in [2.24, 2.45) is 0 Å². The third-order valence-electron chi connectivity index (χ3n) is 4.92. The van der Waals surface area contributed by atoms with Gasteiger partial charge < -0.3 is 15.5 Å². The number of anilines is 1. The molecule has 1 aliphatic carbocycles. The lowest BCUT2D eigenvalue weighted by atomic mass is 9.77. The van der Waals surface area contributed by atoms with Crippen molar-refractivity contribution in [1.29, 1.82) is 0 Å². The van der Waals surface area contributed by atoms with Crippen molar-refractivity contribution in [3.63, 3.8) is 0 Å². The van der Waals surface area contributed by atoms with Crippen LogP contribution in [0.3, 0.4) is 0 Å². The Kier molecular flexibility index (Phi) is 4.01. The molecule has 3 aromatic rings. The van der Waals surface area contributed by atoms with Gasteiger partial charge in [-0.05, 0) is 44.4 Å². The van der Waals surface area contributed by atoms with Gasteiger partial charge in [-0.1, -0.05) is 35.9 Å². The molecule has 1 aliphatic rings. The third-order valence-corrected chi connectivity index (χ3v) is 5.13. The van der Waals surface area contributed by atoms with Crippen molar-refractivity contribution in [2.75, 3.05) is 5.32 Å². The van der Waals surface area contributed by atoms with Gasteiger partial charge in [0.25, 0.3) is 0 Å². The second-order valence-electron chi connectivity index (χ2n) is 7.31. The fourth-order valence-electron chi connectivity index (χ4n) is 3.73. The van der Waals surface area contributed by atoms with E-state index < -0.39 is 5.60 Å². The molecule has 0 radical (unpaired) electrons. The number of phenols is 1. The molecule has 0 amide bonds. The van der Waals surface area contributed by atoms with Gasteiger partial charge >= 0.3 is 0 Å². The van der Waals surface area contributed by atoms with Crippen molar-refractivity contribution in [2.45, 2.75) is 38.3 Å². The molecule has 134 valence electrons. The topological polar surface area (TPSA) is 78.3 Å². The predicted molar refractivity (Wildman–Crippen MR) is 104 cm³/mol. The molecule has 26 heavy (non-hydrogen) atoms. The molecule has 6 heteroatoms. The highest BCUT2D eigenvalue weighted by Crippen LogP contribution is 2.39. The van der Waals surface area contributed by atoms with Crippen molar-refractivity contribution in [3.8, 4) is 17.0 Å². The fraction of sp³-hybridized carbons (Fsp3) is 0.300. The average Bonchev–Trinajstić information content (AvgIpc) is 2.54. The molecule has 0 unspecified atom stereocenters. The van der Waals surface area contributed by atoms with E-state index in [1.165, 1.54) is 6.07 Å². The highest BCUT2D eigenvalue weighted by molar-refractivity contribution is 6.31. The molecule has 4 rings (SSSR count). The van der Waals surface area contributed by atoms with E-state index in [9.17, 15) is 10.2 Å². The number of halogens is 1. The number of aliphatic hydroxyl groups is 1. The summed E-state index contributed by atoms with van der Waals surface area (Å²) in [5.74, 6) is 0.779.